The molecule has 2 aromatic heterocycles. The minimum absolute atomic E-state index is 0.0355. The van der Waals surface area contributed by atoms with Crippen LogP contribution in [0.25, 0.3) is 0 Å². The fourth-order valence-electron chi connectivity index (χ4n) is 0.950. The van der Waals surface area contributed by atoms with Gasteiger partial charge in [0.25, 0.3) is 0 Å². The van der Waals surface area contributed by atoms with Crippen molar-refractivity contribution in [3.05, 3.63) is 35.5 Å². The molecule has 2 heterocycles. The molecule has 0 aliphatic rings. The van der Waals surface area contributed by atoms with Gasteiger partial charge in [0, 0.05) is 23.3 Å². The molecule has 0 spiro atoms. The third-order valence-electron chi connectivity index (χ3n) is 1.65. The highest BCUT2D eigenvalue weighted by Crippen LogP contribution is 2.27. The maximum absolute atomic E-state index is 7.22. The average Bonchev–Trinajstić information content (AvgIpc) is 2.71. The van der Waals surface area contributed by atoms with E-state index in [0.717, 1.165) is 9.37 Å². The molecule has 0 saturated heterocycles. The molecular weight excluding hydrogens is 228 g/mol. The number of rotatable bonds is 3. The number of aromatic nitrogens is 2. The van der Waals surface area contributed by atoms with Gasteiger partial charge in [-0.2, -0.15) is 0 Å². The Balaban J connectivity index is 2.14. The van der Waals surface area contributed by atoms with Crippen molar-refractivity contribution in [3.8, 4) is 0 Å². The van der Waals surface area contributed by atoms with Crippen LogP contribution in [0.4, 0.5) is 0 Å². The second-order valence-electron chi connectivity index (χ2n) is 2.70. The minimum Gasteiger partial charge on any atom is -0.384 e. The molecule has 76 valence electrons. The summed E-state index contributed by atoms with van der Waals surface area (Å²) >= 11 is 3.07. The monoisotopic (exact) mass is 236 g/mol. The van der Waals surface area contributed by atoms with Gasteiger partial charge in [0.1, 0.15) is 10.9 Å². The van der Waals surface area contributed by atoms with E-state index in [2.05, 4.69) is 9.97 Å². The van der Waals surface area contributed by atoms with Gasteiger partial charge in [0.15, 0.2) is 4.34 Å². The zero-order chi connectivity index (χ0) is 10.7. The summed E-state index contributed by atoms with van der Waals surface area (Å²) in [4.78, 5) is 8.33. The van der Waals surface area contributed by atoms with E-state index in [4.69, 9.17) is 11.1 Å². The third-order valence-corrected chi connectivity index (χ3v) is 3.48. The van der Waals surface area contributed by atoms with Crippen LogP contribution in [-0.2, 0) is 0 Å². The second kappa shape index (κ2) is 4.41. The van der Waals surface area contributed by atoms with Crippen molar-refractivity contribution in [3.63, 3.8) is 0 Å². The van der Waals surface area contributed by atoms with Crippen molar-refractivity contribution in [2.75, 3.05) is 0 Å². The molecule has 0 amide bonds. The lowest BCUT2D eigenvalue weighted by molar-refractivity contribution is 1.12. The molecule has 0 aromatic carbocycles. The van der Waals surface area contributed by atoms with Gasteiger partial charge in [-0.25, -0.2) is 9.97 Å². The topological polar surface area (TPSA) is 75.7 Å². The van der Waals surface area contributed by atoms with Crippen LogP contribution in [0.1, 0.15) is 5.56 Å². The summed E-state index contributed by atoms with van der Waals surface area (Å²) in [6.45, 7) is 0. The molecule has 0 radical (unpaired) electrons. The van der Waals surface area contributed by atoms with E-state index in [1.165, 1.54) is 11.8 Å². The van der Waals surface area contributed by atoms with Crippen LogP contribution in [0.15, 0.2) is 39.3 Å². The maximum Gasteiger partial charge on any atom is 0.156 e. The summed E-state index contributed by atoms with van der Waals surface area (Å²) in [6.07, 6.45) is 3.36. The number of hydrogen-bond acceptors (Lipinski definition) is 5. The van der Waals surface area contributed by atoms with Gasteiger partial charge in [0.05, 0.1) is 0 Å². The van der Waals surface area contributed by atoms with Crippen LogP contribution in [-0.4, -0.2) is 15.8 Å². The van der Waals surface area contributed by atoms with E-state index in [0.29, 0.717) is 5.56 Å². The largest absolute Gasteiger partial charge is 0.384 e. The molecule has 0 atom stereocenters. The normalized spacial score (nSPS) is 10.1. The van der Waals surface area contributed by atoms with Crippen molar-refractivity contribution in [1.29, 1.82) is 5.41 Å². The van der Waals surface area contributed by atoms with Gasteiger partial charge < -0.3 is 5.73 Å². The molecule has 0 aliphatic heterocycles. The first-order valence-corrected chi connectivity index (χ1v) is 5.83. The molecular formula is C9H8N4S2. The molecule has 0 saturated carbocycles. The Hall–Kier alpha value is -1.40. The number of nitrogen functional groups attached to an aromatic ring is 1. The fourth-order valence-corrected chi connectivity index (χ4v) is 2.46. The minimum atomic E-state index is 0.0355. The molecule has 2 aromatic rings. The summed E-state index contributed by atoms with van der Waals surface area (Å²) < 4.78 is 0.957. The highest BCUT2D eigenvalue weighted by molar-refractivity contribution is 8.00. The van der Waals surface area contributed by atoms with Crippen molar-refractivity contribution in [1.82, 2.24) is 9.97 Å². The second-order valence-corrected chi connectivity index (χ2v) is 4.86. The van der Waals surface area contributed by atoms with Crippen LogP contribution < -0.4 is 5.73 Å². The highest BCUT2D eigenvalue weighted by atomic mass is 32.2. The van der Waals surface area contributed by atoms with Crippen LogP contribution in [0.3, 0.4) is 0 Å². The number of nitrogens with one attached hydrogen (secondary N) is 1. The molecule has 6 heteroatoms. The number of hydrogen-bond donors (Lipinski definition) is 2. The Morgan fingerprint density at radius 3 is 2.80 bits per heavy atom. The van der Waals surface area contributed by atoms with E-state index in [1.54, 1.807) is 29.8 Å². The van der Waals surface area contributed by atoms with E-state index < -0.39 is 0 Å². The fraction of sp³-hybridized carbons (Fsp3) is 0. The maximum atomic E-state index is 7.22. The molecule has 15 heavy (non-hydrogen) atoms. The Morgan fingerprint density at radius 1 is 1.40 bits per heavy atom. The van der Waals surface area contributed by atoms with Gasteiger partial charge in [-0.3, -0.25) is 5.41 Å². The van der Waals surface area contributed by atoms with Crippen LogP contribution in [0.2, 0.25) is 0 Å². The molecule has 4 nitrogen and oxygen atoms in total. The molecule has 2 rings (SSSR count). The summed E-state index contributed by atoms with van der Waals surface area (Å²) in [5.74, 6) is 0.0355. The summed E-state index contributed by atoms with van der Waals surface area (Å²) in [5, 5.41) is 10.0. The summed E-state index contributed by atoms with van der Waals surface area (Å²) in [5.41, 5.74) is 5.96. The van der Waals surface area contributed by atoms with E-state index in [1.807, 2.05) is 11.4 Å². The van der Waals surface area contributed by atoms with Crippen LogP contribution in [0, 0.1) is 5.41 Å². The standard InChI is InChI=1S/C9H8N4S2/c10-8(11)6-1-2-7(13-5-6)15-9-12-3-4-14-9/h1-5H,(H3,10,11). The molecule has 0 unspecified atom stereocenters. The molecule has 3 N–H and O–H groups in total. The Bertz CT molecular complexity index is 449. The lowest BCUT2D eigenvalue weighted by atomic mass is 10.3. The number of nitrogens with two attached hydrogens (primary N) is 1. The van der Waals surface area contributed by atoms with Crippen molar-refractivity contribution in [2.24, 2.45) is 5.73 Å². The van der Waals surface area contributed by atoms with Crippen molar-refractivity contribution >= 4 is 28.9 Å². The van der Waals surface area contributed by atoms with Gasteiger partial charge in [0.2, 0.25) is 0 Å². The number of pyridine rings is 1. The van der Waals surface area contributed by atoms with Gasteiger partial charge >= 0.3 is 0 Å². The zero-order valence-corrected chi connectivity index (χ0v) is 9.31. The first-order chi connectivity index (χ1) is 7.25. The highest BCUT2D eigenvalue weighted by Gasteiger charge is 2.02. The molecule has 0 fully saturated rings. The van der Waals surface area contributed by atoms with Gasteiger partial charge in [-0.1, -0.05) is 0 Å². The number of amidine groups is 1. The molecule has 0 aliphatic carbocycles. The molecule has 0 bridgehead atoms. The van der Waals surface area contributed by atoms with Gasteiger partial charge in [-0.15, -0.1) is 11.3 Å². The summed E-state index contributed by atoms with van der Waals surface area (Å²) in [6, 6.07) is 3.62. The quantitative estimate of drug-likeness (QED) is 0.631. The lowest BCUT2D eigenvalue weighted by Gasteiger charge is -1.99. The van der Waals surface area contributed by atoms with Crippen LogP contribution >= 0.6 is 23.1 Å². The smallest absolute Gasteiger partial charge is 0.156 e. The number of thiazole rings is 1. The van der Waals surface area contributed by atoms with Crippen LogP contribution in [0.5, 0.6) is 0 Å². The predicted molar refractivity (Wildman–Crippen MR) is 61.5 cm³/mol. The van der Waals surface area contributed by atoms with Gasteiger partial charge in [-0.05, 0) is 23.9 Å². The first kappa shape index (κ1) is 10.1. The van der Waals surface area contributed by atoms with Crippen molar-refractivity contribution < 1.29 is 0 Å². The Morgan fingerprint density at radius 2 is 2.27 bits per heavy atom. The summed E-state index contributed by atoms with van der Waals surface area (Å²) in [7, 11) is 0. The zero-order valence-electron chi connectivity index (χ0n) is 7.68. The Kier molecular flexibility index (Phi) is 2.98. The third kappa shape index (κ3) is 2.54. The van der Waals surface area contributed by atoms with E-state index >= 15 is 0 Å². The van der Waals surface area contributed by atoms with Crippen molar-refractivity contribution in [2.45, 2.75) is 9.37 Å². The van der Waals surface area contributed by atoms with E-state index in [-0.39, 0.29) is 5.84 Å². The first-order valence-electron chi connectivity index (χ1n) is 4.13. The number of nitrogens with zero attached hydrogens (tertiary/aromatic N) is 2. The van der Waals surface area contributed by atoms with E-state index in [9.17, 15) is 0 Å². The average molecular weight is 236 g/mol. The lowest BCUT2D eigenvalue weighted by Crippen LogP contribution is -2.10. The SMILES string of the molecule is N=C(N)c1ccc(Sc2nccs2)nc1. The predicted octanol–water partition coefficient (Wildman–Crippen LogP) is 1.97. The Labute approximate surface area is 95.1 Å².